The lowest BCUT2D eigenvalue weighted by Gasteiger charge is -2.39. The molecule has 2 aromatic carbocycles. The van der Waals surface area contributed by atoms with Gasteiger partial charge in [-0.05, 0) is 129 Å². The number of benzene rings is 2. The summed E-state index contributed by atoms with van der Waals surface area (Å²) >= 11 is 0. The highest BCUT2D eigenvalue weighted by atomic mass is 16.5. The van der Waals surface area contributed by atoms with Gasteiger partial charge in [0.15, 0.2) is 0 Å². The lowest BCUT2D eigenvalue weighted by molar-refractivity contribution is -0.144. The Labute approximate surface area is 290 Å². The van der Waals surface area contributed by atoms with E-state index in [-0.39, 0.29) is 24.1 Å². The number of esters is 2. The maximum absolute atomic E-state index is 12.5. The highest BCUT2D eigenvalue weighted by molar-refractivity contribution is 5.88. The van der Waals surface area contributed by atoms with E-state index in [9.17, 15) is 14.7 Å². The molecule has 4 rings (SSSR count). The molecule has 2 aromatic rings. The fraction of sp³-hybridized carbons (Fsp3) is 0.581. The van der Waals surface area contributed by atoms with Crippen molar-refractivity contribution in [3.63, 3.8) is 0 Å². The molecule has 1 unspecified atom stereocenters. The molecule has 2 saturated carbocycles. The molecule has 0 aromatic heterocycles. The Kier molecular flexibility index (Phi) is 15.5. The molecule has 0 radical (unpaired) electrons. The highest BCUT2D eigenvalue weighted by Crippen LogP contribution is 2.45. The molecule has 2 fully saturated rings. The maximum Gasteiger partial charge on any atom is 0.335 e. The Hall–Kier alpha value is -3.18. The zero-order chi connectivity index (χ0) is 34.3. The third-order valence-corrected chi connectivity index (χ3v) is 11.1. The van der Waals surface area contributed by atoms with Crippen molar-refractivity contribution in [1.29, 1.82) is 0 Å². The van der Waals surface area contributed by atoms with Crippen LogP contribution < -0.4 is 0 Å². The van der Waals surface area contributed by atoms with Crippen molar-refractivity contribution in [3.8, 4) is 11.1 Å². The SMILES string of the molecule is C=C(CO)C(=O)OCCC(COC(=O)C(=C)CCC)C1CCC(C2CCC(c3ccc(-c4ccc(CCCCC)cc4)cc3)CC2)CC1. The third-order valence-electron chi connectivity index (χ3n) is 11.1. The molecule has 5 nitrogen and oxygen atoms in total. The van der Waals surface area contributed by atoms with Gasteiger partial charge in [-0.3, -0.25) is 0 Å². The Bertz CT molecular complexity index is 1290. The summed E-state index contributed by atoms with van der Waals surface area (Å²) in [6.07, 6.45) is 16.9. The Morgan fingerprint density at radius 2 is 1.33 bits per heavy atom. The first-order valence-electron chi connectivity index (χ1n) is 18.8. The average molecular weight is 657 g/mol. The lowest BCUT2D eigenvalue weighted by Crippen LogP contribution is -2.31. The van der Waals surface area contributed by atoms with Crippen LogP contribution in [0.25, 0.3) is 11.1 Å². The van der Waals surface area contributed by atoms with Crippen LogP contribution >= 0.6 is 0 Å². The van der Waals surface area contributed by atoms with Crippen molar-refractivity contribution >= 4 is 11.9 Å². The predicted molar refractivity (Wildman–Crippen MR) is 196 cm³/mol. The van der Waals surface area contributed by atoms with Gasteiger partial charge in [0.05, 0.1) is 25.4 Å². The lowest BCUT2D eigenvalue weighted by atomic mass is 9.66. The third kappa shape index (κ3) is 11.2. The molecule has 0 saturated heterocycles. The number of aliphatic hydroxyl groups is 1. The molecule has 0 spiro atoms. The smallest absolute Gasteiger partial charge is 0.335 e. The summed E-state index contributed by atoms with van der Waals surface area (Å²) in [4.78, 5) is 24.5. The van der Waals surface area contributed by atoms with Gasteiger partial charge < -0.3 is 14.6 Å². The van der Waals surface area contributed by atoms with Crippen molar-refractivity contribution in [3.05, 3.63) is 84.0 Å². The summed E-state index contributed by atoms with van der Waals surface area (Å²) in [6, 6.07) is 18.5. The number of aliphatic hydroxyl groups excluding tert-OH is 1. The van der Waals surface area contributed by atoms with Gasteiger partial charge in [0, 0.05) is 5.57 Å². The molecular formula is C43H60O5. The molecule has 1 N–H and O–H groups in total. The number of rotatable bonds is 18. The average Bonchev–Trinajstić information content (AvgIpc) is 3.13. The minimum atomic E-state index is -0.567. The summed E-state index contributed by atoms with van der Waals surface area (Å²) in [5.41, 5.74) is 6.10. The number of carbonyl (C=O) groups is 2. The van der Waals surface area contributed by atoms with Gasteiger partial charge in [-0.15, -0.1) is 0 Å². The molecule has 48 heavy (non-hydrogen) atoms. The minimum Gasteiger partial charge on any atom is -0.462 e. The number of hydrogen-bond donors (Lipinski definition) is 1. The van der Waals surface area contributed by atoms with Gasteiger partial charge in [0.2, 0.25) is 0 Å². The van der Waals surface area contributed by atoms with Gasteiger partial charge in [-0.2, -0.15) is 0 Å². The number of hydrogen-bond acceptors (Lipinski definition) is 5. The second-order valence-corrected chi connectivity index (χ2v) is 14.5. The van der Waals surface area contributed by atoms with E-state index in [4.69, 9.17) is 9.47 Å². The van der Waals surface area contributed by atoms with Crippen LogP contribution in [0.2, 0.25) is 0 Å². The molecule has 2 aliphatic rings. The van der Waals surface area contributed by atoms with E-state index < -0.39 is 12.6 Å². The largest absolute Gasteiger partial charge is 0.462 e. The first-order valence-corrected chi connectivity index (χ1v) is 18.8. The highest BCUT2D eigenvalue weighted by Gasteiger charge is 2.34. The quantitative estimate of drug-likeness (QED) is 0.0982. The normalized spacial score (nSPS) is 21.6. The van der Waals surface area contributed by atoms with E-state index >= 15 is 0 Å². The molecular weight excluding hydrogens is 596 g/mol. The summed E-state index contributed by atoms with van der Waals surface area (Å²) in [5.74, 6) is 1.87. The van der Waals surface area contributed by atoms with Gasteiger partial charge in [0.1, 0.15) is 0 Å². The molecule has 0 amide bonds. The van der Waals surface area contributed by atoms with Crippen LogP contribution in [0.5, 0.6) is 0 Å². The fourth-order valence-electron chi connectivity index (χ4n) is 8.02. The number of aryl methyl sites for hydroxylation is 1. The zero-order valence-electron chi connectivity index (χ0n) is 29.7. The number of ether oxygens (including phenoxy) is 2. The Morgan fingerprint density at radius 3 is 1.92 bits per heavy atom. The van der Waals surface area contributed by atoms with Crippen LogP contribution in [0.3, 0.4) is 0 Å². The van der Waals surface area contributed by atoms with Gasteiger partial charge in [0.25, 0.3) is 0 Å². The molecule has 0 aliphatic heterocycles. The fourth-order valence-corrected chi connectivity index (χ4v) is 8.02. The molecule has 262 valence electrons. The summed E-state index contributed by atoms with van der Waals surface area (Å²) in [5, 5.41) is 9.18. The Morgan fingerprint density at radius 1 is 0.750 bits per heavy atom. The summed E-state index contributed by atoms with van der Waals surface area (Å²) in [7, 11) is 0. The van der Waals surface area contributed by atoms with Crippen LogP contribution in [-0.4, -0.2) is 36.9 Å². The Balaban J connectivity index is 1.24. The van der Waals surface area contributed by atoms with Crippen molar-refractivity contribution < 1.29 is 24.2 Å². The second-order valence-electron chi connectivity index (χ2n) is 14.5. The van der Waals surface area contributed by atoms with Gasteiger partial charge in [-0.25, -0.2) is 9.59 Å². The molecule has 5 heteroatoms. The molecule has 0 bridgehead atoms. The first kappa shape index (κ1) is 37.6. The molecule has 1 atom stereocenters. The second kappa shape index (κ2) is 19.7. The van der Waals surface area contributed by atoms with E-state index in [1.54, 1.807) is 0 Å². The molecule has 0 heterocycles. The summed E-state index contributed by atoms with van der Waals surface area (Å²) in [6.45, 7) is 11.9. The van der Waals surface area contributed by atoms with Crippen molar-refractivity contribution in [2.24, 2.45) is 23.7 Å². The predicted octanol–water partition coefficient (Wildman–Crippen LogP) is 10.2. The van der Waals surface area contributed by atoms with Crippen LogP contribution in [-0.2, 0) is 25.5 Å². The van der Waals surface area contributed by atoms with Crippen LogP contribution in [0.4, 0.5) is 0 Å². The number of carbonyl (C=O) groups excluding carboxylic acids is 2. The minimum absolute atomic E-state index is 0.0553. The maximum atomic E-state index is 12.5. The topological polar surface area (TPSA) is 72.8 Å². The monoisotopic (exact) mass is 656 g/mol. The van der Waals surface area contributed by atoms with Crippen LogP contribution in [0, 0.1) is 23.7 Å². The van der Waals surface area contributed by atoms with Gasteiger partial charge >= 0.3 is 11.9 Å². The first-order chi connectivity index (χ1) is 23.3. The van der Waals surface area contributed by atoms with Crippen LogP contribution in [0.1, 0.15) is 121 Å². The van der Waals surface area contributed by atoms with E-state index in [2.05, 4.69) is 68.6 Å². The van der Waals surface area contributed by atoms with E-state index in [1.165, 1.54) is 86.5 Å². The van der Waals surface area contributed by atoms with Gasteiger partial charge in [-0.1, -0.05) is 94.8 Å². The van der Waals surface area contributed by atoms with E-state index in [0.29, 0.717) is 36.9 Å². The zero-order valence-corrected chi connectivity index (χ0v) is 29.7. The molecule has 2 aliphatic carbocycles. The van der Waals surface area contributed by atoms with E-state index in [1.807, 2.05) is 6.92 Å². The number of unbranched alkanes of at least 4 members (excludes halogenated alkanes) is 2. The van der Waals surface area contributed by atoms with Crippen molar-refractivity contribution in [2.75, 3.05) is 19.8 Å². The summed E-state index contributed by atoms with van der Waals surface area (Å²) < 4.78 is 11.1. The van der Waals surface area contributed by atoms with Crippen molar-refractivity contribution in [1.82, 2.24) is 0 Å². The van der Waals surface area contributed by atoms with Crippen molar-refractivity contribution in [2.45, 2.75) is 116 Å². The van der Waals surface area contributed by atoms with E-state index in [0.717, 1.165) is 31.1 Å². The standard InChI is InChI=1S/C43H60O5/c1-5-7-8-10-33-11-13-34(14-12-33)35-15-17-36(18-16-35)37-19-21-38(22-20-37)39-23-25-40(26-24-39)41(27-28-47-43(46)32(4)29-44)30-48-42(45)31(3)9-6-2/h11-18,37-41,44H,3-10,19-30H2,1-2H3. The van der Waals surface area contributed by atoms with Crippen LogP contribution in [0.15, 0.2) is 72.8 Å².